The van der Waals surface area contributed by atoms with Crippen LogP contribution >= 0.6 is 11.6 Å². The molecule has 1 aromatic heterocycles. The zero-order valence-electron chi connectivity index (χ0n) is 15.3. The summed E-state index contributed by atoms with van der Waals surface area (Å²) in [4.78, 5) is 40.8. The molecule has 148 valence electrons. The van der Waals surface area contributed by atoms with Gasteiger partial charge in [0.2, 0.25) is 0 Å². The van der Waals surface area contributed by atoms with E-state index in [1.54, 1.807) is 48.5 Å². The lowest BCUT2D eigenvalue weighted by atomic mass is 10.2. The number of non-ortho nitro benzene ring substituents is 1. The Morgan fingerprint density at radius 1 is 1.03 bits per heavy atom. The molecule has 4 aromatic rings. The number of nitro benzene ring substituents is 1. The number of halogens is 1. The van der Waals surface area contributed by atoms with Crippen LogP contribution in [0.25, 0.3) is 22.3 Å². The van der Waals surface area contributed by atoms with Crippen LogP contribution in [0.15, 0.2) is 77.6 Å². The van der Waals surface area contributed by atoms with Crippen molar-refractivity contribution in [1.82, 2.24) is 9.66 Å². The van der Waals surface area contributed by atoms with E-state index in [-0.39, 0.29) is 17.1 Å². The first-order valence-corrected chi connectivity index (χ1v) is 9.15. The molecule has 0 aliphatic heterocycles. The van der Waals surface area contributed by atoms with Crippen molar-refractivity contribution in [3.05, 3.63) is 104 Å². The van der Waals surface area contributed by atoms with Gasteiger partial charge < -0.3 is 0 Å². The Morgan fingerprint density at radius 2 is 1.80 bits per heavy atom. The lowest BCUT2D eigenvalue weighted by molar-refractivity contribution is -0.384. The predicted molar refractivity (Wildman–Crippen MR) is 113 cm³/mol. The van der Waals surface area contributed by atoms with E-state index in [0.717, 1.165) is 10.7 Å². The summed E-state index contributed by atoms with van der Waals surface area (Å²) >= 11 is 6.09. The summed E-state index contributed by atoms with van der Waals surface area (Å²) < 4.78 is 1.02. The van der Waals surface area contributed by atoms with Gasteiger partial charge in [0.25, 0.3) is 17.2 Å². The number of aromatic nitrogens is 2. The smallest absolute Gasteiger partial charge is 0.267 e. The minimum absolute atomic E-state index is 0.0290. The van der Waals surface area contributed by atoms with Crippen molar-refractivity contribution in [1.29, 1.82) is 0 Å². The first kappa shape index (κ1) is 19.3. The first-order valence-electron chi connectivity index (χ1n) is 8.77. The number of hydrogen-bond acceptors (Lipinski definition) is 5. The van der Waals surface area contributed by atoms with Crippen LogP contribution in [0.5, 0.6) is 0 Å². The molecule has 30 heavy (non-hydrogen) atoms. The molecule has 0 radical (unpaired) electrons. The third-order valence-corrected chi connectivity index (χ3v) is 4.63. The Hall–Kier alpha value is -4.04. The summed E-state index contributed by atoms with van der Waals surface area (Å²) in [5.41, 5.74) is 2.79. The molecule has 0 unspecified atom stereocenters. The molecule has 1 amide bonds. The van der Waals surface area contributed by atoms with Gasteiger partial charge in [-0.25, -0.2) is 4.98 Å². The van der Waals surface area contributed by atoms with Crippen molar-refractivity contribution in [3.63, 3.8) is 0 Å². The highest BCUT2D eigenvalue weighted by molar-refractivity contribution is 6.30. The van der Waals surface area contributed by atoms with E-state index >= 15 is 0 Å². The second kappa shape index (κ2) is 7.76. The summed E-state index contributed by atoms with van der Waals surface area (Å²) in [6, 6.07) is 18.7. The van der Waals surface area contributed by atoms with Crippen LogP contribution in [0.2, 0.25) is 5.02 Å². The van der Waals surface area contributed by atoms with E-state index in [1.807, 2.05) is 0 Å². The fourth-order valence-corrected chi connectivity index (χ4v) is 3.17. The average Bonchev–Trinajstić information content (AvgIpc) is 2.75. The molecular weight excluding hydrogens is 408 g/mol. The molecule has 1 N–H and O–H groups in total. The Kier molecular flexibility index (Phi) is 4.99. The highest BCUT2D eigenvalue weighted by Gasteiger charge is 2.17. The molecule has 1 heterocycles. The van der Waals surface area contributed by atoms with Crippen molar-refractivity contribution in [2.45, 2.75) is 0 Å². The van der Waals surface area contributed by atoms with E-state index in [0.29, 0.717) is 21.5 Å². The molecule has 0 saturated carbocycles. The van der Waals surface area contributed by atoms with Gasteiger partial charge in [-0.2, -0.15) is 4.68 Å². The van der Waals surface area contributed by atoms with E-state index in [1.165, 1.54) is 18.2 Å². The Balaban J connectivity index is 1.87. The monoisotopic (exact) mass is 420 g/mol. The molecule has 0 bridgehead atoms. The van der Waals surface area contributed by atoms with Gasteiger partial charge >= 0.3 is 0 Å². The maximum Gasteiger partial charge on any atom is 0.280 e. The molecule has 3 aromatic carbocycles. The van der Waals surface area contributed by atoms with Gasteiger partial charge in [-0.15, -0.1) is 0 Å². The Bertz CT molecular complexity index is 1370. The number of para-hydroxylation sites is 1. The molecule has 8 nitrogen and oxygen atoms in total. The van der Waals surface area contributed by atoms with Crippen LogP contribution in [-0.2, 0) is 0 Å². The number of benzene rings is 3. The maximum atomic E-state index is 13.1. The number of nitro groups is 1. The Morgan fingerprint density at radius 3 is 2.57 bits per heavy atom. The summed E-state index contributed by atoms with van der Waals surface area (Å²) in [6.45, 7) is 0. The number of nitrogens with one attached hydrogen (secondary N) is 1. The third kappa shape index (κ3) is 3.63. The SMILES string of the molecule is O=C(Nn1c(-c2cccc(Cl)c2)nc2ccccc2c1=O)c1cccc([N+](=O)[O-])c1. The quantitative estimate of drug-likeness (QED) is 0.396. The van der Waals surface area contributed by atoms with Crippen molar-refractivity contribution in [2.75, 3.05) is 5.43 Å². The molecule has 0 aliphatic carbocycles. The lowest BCUT2D eigenvalue weighted by Crippen LogP contribution is -2.35. The van der Waals surface area contributed by atoms with Crippen LogP contribution in [0.3, 0.4) is 0 Å². The zero-order chi connectivity index (χ0) is 21.3. The topological polar surface area (TPSA) is 107 Å². The summed E-state index contributed by atoms with van der Waals surface area (Å²) in [6.07, 6.45) is 0. The number of fused-ring (bicyclic) bond motifs is 1. The zero-order valence-corrected chi connectivity index (χ0v) is 16.0. The standard InChI is InChI=1S/C21H13ClN4O4/c22-15-7-3-5-13(11-15)19-23-18-10-2-1-9-17(18)21(28)25(19)24-20(27)14-6-4-8-16(12-14)26(29)30/h1-12H,(H,24,27). The van der Waals surface area contributed by atoms with Gasteiger partial charge in [-0.05, 0) is 30.3 Å². The minimum atomic E-state index is -0.693. The number of nitrogens with zero attached hydrogens (tertiary/aromatic N) is 3. The van der Waals surface area contributed by atoms with Crippen LogP contribution < -0.4 is 11.0 Å². The van der Waals surface area contributed by atoms with Crippen LogP contribution in [-0.4, -0.2) is 20.5 Å². The maximum absolute atomic E-state index is 13.1. The van der Waals surface area contributed by atoms with Crippen LogP contribution in [0, 0.1) is 10.1 Å². The Labute approximate surface area is 174 Å². The van der Waals surface area contributed by atoms with Crippen molar-refractivity contribution < 1.29 is 9.72 Å². The van der Waals surface area contributed by atoms with Gasteiger partial charge in [0.1, 0.15) is 0 Å². The molecule has 0 spiro atoms. The summed E-state index contributed by atoms with van der Waals surface area (Å²) in [7, 11) is 0. The lowest BCUT2D eigenvalue weighted by Gasteiger charge is -2.15. The van der Waals surface area contributed by atoms with Gasteiger partial charge in [0.05, 0.1) is 15.8 Å². The minimum Gasteiger partial charge on any atom is -0.267 e. The van der Waals surface area contributed by atoms with Gasteiger partial charge in [0.15, 0.2) is 5.82 Å². The van der Waals surface area contributed by atoms with Crippen molar-refractivity contribution in [2.24, 2.45) is 0 Å². The number of amides is 1. The fraction of sp³-hybridized carbons (Fsp3) is 0. The van der Waals surface area contributed by atoms with Gasteiger partial charge in [-0.1, -0.05) is 41.9 Å². The molecule has 0 aliphatic rings. The molecule has 0 saturated heterocycles. The van der Waals surface area contributed by atoms with Gasteiger partial charge in [-0.3, -0.25) is 25.1 Å². The van der Waals surface area contributed by atoms with Crippen LogP contribution in [0.1, 0.15) is 10.4 Å². The van der Waals surface area contributed by atoms with Crippen molar-refractivity contribution in [3.8, 4) is 11.4 Å². The number of hydrogen-bond donors (Lipinski definition) is 1. The second-order valence-electron chi connectivity index (χ2n) is 6.35. The predicted octanol–water partition coefficient (Wildman–Crippen LogP) is 4.01. The van der Waals surface area contributed by atoms with E-state index in [9.17, 15) is 19.7 Å². The van der Waals surface area contributed by atoms with E-state index in [2.05, 4.69) is 10.4 Å². The van der Waals surface area contributed by atoms with E-state index in [4.69, 9.17) is 11.6 Å². The number of carbonyl (C=O) groups excluding carboxylic acids is 1. The van der Waals surface area contributed by atoms with Crippen LogP contribution in [0.4, 0.5) is 5.69 Å². The molecule has 0 atom stereocenters. The van der Waals surface area contributed by atoms with Gasteiger partial charge in [0, 0.05) is 28.3 Å². The first-order chi connectivity index (χ1) is 14.4. The molecule has 0 fully saturated rings. The van der Waals surface area contributed by atoms with Crippen molar-refractivity contribution >= 4 is 34.1 Å². The highest BCUT2D eigenvalue weighted by Crippen LogP contribution is 2.22. The third-order valence-electron chi connectivity index (χ3n) is 4.39. The number of rotatable bonds is 4. The second-order valence-corrected chi connectivity index (χ2v) is 6.79. The van der Waals surface area contributed by atoms with E-state index < -0.39 is 16.4 Å². The number of carbonyl (C=O) groups is 1. The largest absolute Gasteiger partial charge is 0.280 e. The molecule has 9 heteroatoms. The fourth-order valence-electron chi connectivity index (χ4n) is 2.98. The average molecular weight is 421 g/mol. The summed E-state index contributed by atoms with van der Waals surface area (Å²) in [5.74, 6) is -0.513. The molecule has 4 rings (SSSR count). The molecular formula is C21H13ClN4O4. The highest BCUT2D eigenvalue weighted by atomic mass is 35.5. The normalized spacial score (nSPS) is 10.7. The summed E-state index contributed by atoms with van der Waals surface area (Å²) in [5, 5.41) is 11.7.